The smallest absolute Gasteiger partial charge is 0.0525 e. The molecule has 35 heavy (non-hydrogen) atoms. The van der Waals surface area contributed by atoms with Gasteiger partial charge in [0.1, 0.15) is 0 Å². The first-order chi connectivity index (χ1) is 17.2. The third-order valence-corrected chi connectivity index (χ3v) is 12.0. The third kappa shape index (κ3) is 4.26. The fourth-order valence-corrected chi connectivity index (χ4v) is 9.69. The number of hydrogen-bond donors (Lipinski definition) is 2. The Morgan fingerprint density at radius 1 is 0.543 bits per heavy atom. The van der Waals surface area contributed by atoms with Crippen LogP contribution in [0.2, 0.25) is 0 Å². The average molecular weight is 533 g/mol. The molecule has 2 aromatic heterocycles. The minimum Gasteiger partial charge on any atom is -0.396 e. The zero-order valence-electron chi connectivity index (χ0n) is 18.9. The van der Waals surface area contributed by atoms with E-state index in [0.29, 0.717) is 11.5 Å². The van der Waals surface area contributed by atoms with Crippen LogP contribution in [0.4, 0.5) is 0 Å². The van der Waals surface area contributed by atoms with Gasteiger partial charge in [0.25, 0.3) is 0 Å². The normalized spacial score (nSPS) is 12.4. The van der Waals surface area contributed by atoms with E-state index in [1.807, 2.05) is 22.7 Å². The van der Waals surface area contributed by atoms with Crippen molar-refractivity contribution in [3.63, 3.8) is 0 Å². The van der Waals surface area contributed by atoms with Crippen LogP contribution >= 0.6 is 46.2 Å². The van der Waals surface area contributed by atoms with Crippen LogP contribution in [0.5, 0.6) is 0 Å². The summed E-state index contributed by atoms with van der Waals surface area (Å²) in [4.78, 5) is 2.43. The zero-order chi connectivity index (χ0) is 23.8. The maximum Gasteiger partial charge on any atom is 0.0525 e. The van der Waals surface area contributed by atoms with Crippen LogP contribution in [0.15, 0.2) is 94.7 Å². The summed E-state index contributed by atoms with van der Waals surface area (Å²) in [7, 11) is 0. The van der Waals surface area contributed by atoms with E-state index in [-0.39, 0.29) is 13.2 Å². The summed E-state index contributed by atoms with van der Waals surface area (Å²) in [6, 6.07) is 30.0. The summed E-state index contributed by atoms with van der Waals surface area (Å²) in [5.41, 5.74) is -0.576. The Labute approximate surface area is 220 Å². The van der Waals surface area contributed by atoms with E-state index in [1.165, 1.54) is 50.1 Å². The monoisotopic (exact) mass is 532 g/mol. The van der Waals surface area contributed by atoms with E-state index in [2.05, 4.69) is 84.9 Å². The number of hydrogen-bond acceptors (Lipinski definition) is 6. The van der Waals surface area contributed by atoms with Crippen LogP contribution in [0.25, 0.3) is 40.3 Å². The van der Waals surface area contributed by atoms with E-state index in [4.69, 9.17) is 0 Å². The highest BCUT2D eigenvalue weighted by Crippen LogP contribution is 2.44. The molecule has 0 aliphatic carbocycles. The molecule has 0 aliphatic rings. The van der Waals surface area contributed by atoms with Gasteiger partial charge in [0.2, 0.25) is 0 Å². The van der Waals surface area contributed by atoms with Gasteiger partial charge >= 0.3 is 0 Å². The first-order valence-corrected chi connectivity index (χ1v) is 15.1. The molecule has 0 atom stereocenters. The van der Waals surface area contributed by atoms with Crippen LogP contribution in [0, 0.1) is 5.41 Å². The van der Waals surface area contributed by atoms with E-state index in [1.54, 1.807) is 23.5 Å². The average Bonchev–Trinajstić information content (AvgIpc) is 3.48. The molecule has 0 amide bonds. The Kier molecular flexibility index (Phi) is 6.52. The molecule has 0 radical (unpaired) electrons. The Hall–Kier alpha value is -2.06. The second kappa shape index (κ2) is 9.77. The van der Waals surface area contributed by atoms with Gasteiger partial charge in [-0.15, -0.1) is 46.2 Å². The quantitative estimate of drug-likeness (QED) is 0.194. The largest absolute Gasteiger partial charge is 0.396 e. The van der Waals surface area contributed by atoms with Gasteiger partial charge in [-0.1, -0.05) is 60.7 Å². The summed E-state index contributed by atoms with van der Waals surface area (Å²) in [5.74, 6) is 1.31. The Morgan fingerprint density at radius 3 is 1.43 bits per heavy atom. The maximum atomic E-state index is 10.4. The summed E-state index contributed by atoms with van der Waals surface area (Å²) < 4.78 is 5.15. The fraction of sp³-hybridized carbons (Fsp3) is 0.172. The molecule has 0 aliphatic heterocycles. The number of thiophene rings is 2. The molecule has 4 aromatic carbocycles. The van der Waals surface area contributed by atoms with Crippen molar-refractivity contribution in [2.45, 2.75) is 9.79 Å². The number of benzene rings is 4. The van der Waals surface area contributed by atoms with Gasteiger partial charge in [-0.05, 0) is 24.3 Å². The fourth-order valence-electron chi connectivity index (χ4n) is 4.41. The van der Waals surface area contributed by atoms with Crippen LogP contribution < -0.4 is 0 Å². The van der Waals surface area contributed by atoms with Gasteiger partial charge in [0.15, 0.2) is 0 Å². The molecule has 176 valence electrons. The molecule has 0 fully saturated rings. The third-order valence-electron chi connectivity index (χ3n) is 6.47. The molecule has 0 unspecified atom stereocenters. The van der Waals surface area contributed by atoms with Crippen molar-refractivity contribution in [3.8, 4) is 0 Å². The van der Waals surface area contributed by atoms with Crippen LogP contribution in [0.3, 0.4) is 0 Å². The number of thioether (sulfide) groups is 2. The highest BCUT2D eigenvalue weighted by Gasteiger charge is 2.30. The van der Waals surface area contributed by atoms with Gasteiger partial charge in [0, 0.05) is 67.1 Å². The van der Waals surface area contributed by atoms with Crippen molar-refractivity contribution in [2.24, 2.45) is 5.41 Å². The first-order valence-electron chi connectivity index (χ1n) is 11.5. The lowest BCUT2D eigenvalue weighted by molar-refractivity contribution is 0.0933. The molecule has 6 rings (SSSR count). The molecule has 2 N–H and O–H groups in total. The van der Waals surface area contributed by atoms with Crippen molar-refractivity contribution in [1.82, 2.24) is 0 Å². The number of fused-ring (bicyclic) bond motifs is 6. The van der Waals surface area contributed by atoms with Crippen molar-refractivity contribution in [1.29, 1.82) is 0 Å². The maximum absolute atomic E-state index is 10.4. The van der Waals surface area contributed by atoms with Crippen molar-refractivity contribution in [3.05, 3.63) is 84.9 Å². The lowest BCUT2D eigenvalue weighted by atomic mass is 9.96. The van der Waals surface area contributed by atoms with Crippen LogP contribution in [-0.4, -0.2) is 34.9 Å². The van der Waals surface area contributed by atoms with Crippen molar-refractivity contribution >= 4 is 86.5 Å². The topological polar surface area (TPSA) is 40.5 Å². The molecule has 6 aromatic rings. The summed E-state index contributed by atoms with van der Waals surface area (Å²) in [6.45, 7) is -0.0947. The molecular weight excluding hydrogens is 509 g/mol. The van der Waals surface area contributed by atoms with E-state index >= 15 is 0 Å². The standard InChI is InChI=1S/C29H24O2S4/c30-15-29(16-31,17-32-25-13-5-9-21-19-7-1-3-11-23(19)34-27(21)25)18-33-26-14-6-10-22-20-8-2-4-12-24(20)35-28(22)26/h1-14,30-31H,15-18H2. The number of rotatable bonds is 8. The van der Waals surface area contributed by atoms with E-state index in [0.717, 1.165) is 0 Å². The predicted molar refractivity (Wildman–Crippen MR) is 157 cm³/mol. The van der Waals surface area contributed by atoms with Crippen molar-refractivity contribution in [2.75, 3.05) is 24.7 Å². The molecule has 0 bridgehead atoms. The number of aliphatic hydroxyl groups excluding tert-OH is 2. The minimum absolute atomic E-state index is 0.0473. The second-order valence-electron chi connectivity index (χ2n) is 8.86. The molecule has 0 spiro atoms. The van der Waals surface area contributed by atoms with Crippen LogP contribution in [0.1, 0.15) is 0 Å². The molecule has 2 heterocycles. The highest BCUT2D eigenvalue weighted by molar-refractivity contribution is 8.00. The molecule has 6 heteroatoms. The minimum atomic E-state index is -0.576. The van der Waals surface area contributed by atoms with E-state index in [9.17, 15) is 10.2 Å². The Morgan fingerprint density at radius 2 is 0.971 bits per heavy atom. The first kappa shape index (κ1) is 23.3. The van der Waals surface area contributed by atoms with Gasteiger partial charge in [0.05, 0.1) is 13.2 Å². The Balaban J connectivity index is 1.26. The molecular formula is C29H24O2S4. The van der Waals surface area contributed by atoms with Crippen molar-refractivity contribution < 1.29 is 10.2 Å². The number of aliphatic hydroxyl groups is 2. The van der Waals surface area contributed by atoms with Gasteiger partial charge in [-0.25, -0.2) is 0 Å². The lowest BCUT2D eigenvalue weighted by Gasteiger charge is -2.29. The highest BCUT2D eigenvalue weighted by atomic mass is 32.2. The summed E-state index contributed by atoms with van der Waals surface area (Å²) >= 11 is 7.12. The van der Waals surface area contributed by atoms with Crippen LogP contribution in [-0.2, 0) is 0 Å². The Bertz CT molecular complexity index is 1530. The van der Waals surface area contributed by atoms with Gasteiger partial charge in [-0.3, -0.25) is 0 Å². The second-order valence-corrected chi connectivity index (χ2v) is 13.0. The predicted octanol–water partition coefficient (Wildman–Crippen LogP) is 8.28. The summed E-state index contributed by atoms with van der Waals surface area (Å²) in [6.07, 6.45) is 0. The molecule has 0 saturated carbocycles. The van der Waals surface area contributed by atoms with Gasteiger partial charge < -0.3 is 10.2 Å². The SMILES string of the molecule is OCC(CO)(CSc1cccc2c1sc1ccccc12)CSc1cccc2c1sc1ccccc12. The zero-order valence-corrected chi connectivity index (χ0v) is 22.2. The molecule has 2 nitrogen and oxygen atoms in total. The van der Waals surface area contributed by atoms with Gasteiger partial charge in [-0.2, -0.15) is 0 Å². The molecule has 0 saturated heterocycles. The lowest BCUT2D eigenvalue weighted by Crippen LogP contribution is -2.35. The van der Waals surface area contributed by atoms with E-state index < -0.39 is 5.41 Å². The summed E-state index contributed by atoms with van der Waals surface area (Å²) in [5, 5.41) is 25.9.